The van der Waals surface area contributed by atoms with E-state index < -0.39 is 0 Å². The fourth-order valence-electron chi connectivity index (χ4n) is 9.12. The summed E-state index contributed by atoms with van der Waals surface area (Å²) < 4.78 is 11.3. The van der Waals surface area contributed by atoms with Crippen LogP contribution >= 0.6 is 0 Å². The van der Waals surface area contributed by atoms with E-state index in [1.807, 2.05) is 6.07 Å². The highest BCUT2D eigenvalue weighted by Gasteiger charge is 2.24. The predicted octanol–water partition coefficient (Wildman–Crippen LogP) is 13.8. The molecule has 0 aliphatic heterocycles. The Morgan fingerprint density at radius 3 is 1.47 bits per heavy atom. The second kappa shape index (κ2) is 10.7. The molecule has 0 bridgehead atoms. The van der Waals surface area contributed by atoms with Gasteiger partial charge in [-0.05, 0) is 64.4 Å². The molecule has 12 rings (SSSR count). The summed E-state index contributed by atoms with van der Waals surface area (Å²) in [6.07, 6.45) is 0. The number of aromatic nitrogens is 2. The second-order valence-corrected chi connectivity index (χ2v) is 14.0. The lowest BCUT2D eigenvalue weighted by molar-refractivity contribution is 0.669. The molecule has 12 aromatic rings. The largest absolute Gasteiger partial charge is 0.456 e. The molecular weight excluding hydrogens is 645 g/mol. The number of furan rings is 1. The average molecular weight is 675 g/mol. The minimum Gasteiger partial charge on any atom is -0.456 e. The third-order valence-electron chi connectivity index (χ3n) is 11.3. The predicted molar refractivity (Wildman–Crippen MR) is 223 cm³/mol. The van der Waals surface area contributed by atoms with E-state index in [4.69, 9.17) is 4.42 Å². The molecular formula is C50H30N2O. The molecule has 53 heavy (non-hydrogen) atoms. The van der Waals surface area contributed by atoms with Crippen LogP contribution < -0.4 is 0 Å². The van der Waals surface area contributed by atoms with Crippen LogP contribution in [0, 0.1) is 0 Å². The Morgan fingerprint density at radius 2 is 0.811 bits per heavy atom. The summed E-state index contributed by atoms with van der Waals surface area (Å²) >= 11 is 0. The quantitative estimate of drug-likeness (QED) is 0.171. The molecule has 0 saturated heterocycles. The first-order valence-corrected chi connectivity index (χ1v) is 18.2. The number of benzene rings is 9. The summed E-state index contributed by atoms with van der Waals surface area (Å²) in [7, 11) is 0. The zero-order chi connectivity index (χ0) is 34.6. The van der Waals surface area contributed by atoms with Gasteiger partial charge in [0, 0.05) is 48.8 Å². The highest BCUT2D eigenvalue weighted by molar-refractivity contribution is 6.26. The highest BCUT2D eigenvalue weighted by Crippen LogP contribution is 2.47. The van der Waals surface area contributed by atoms with Crippen molar-refractivity contribution < 1.29 is 4.42 Å². The normalized spacial score (nSPS) is 12.2. The number of para-hydroxylation sites is 4. The maximum atomic E-state index is 6.26. The fraction of sp³-hybridized carbons (Fsp3) is 0. The molecule has 0 unspecified atom stereocenters. The van der Waals surface area contributed by atoms with Crippen molar-refractivity contribution in [2.45, 2.75) is 0 Å². The number of hydrogen-bond acceptors (Lipinski definition) is 1. The van der Waals surface area contributed by atoms with Crippen molar-refractivity contribution >= 4 is 87.1 Å². The molecule has 0 atom stereocenters. The van der Waals surface area contributed by atoms with Gasteiger partial charge in [-0.1, -0.05) is 140 Å². The molecule has 3 aromatic heterocycles. The van der Waals surface area contributed by atoms with Crippen molar-refractivity contribution in [2.75, 3.05) is 0 Å². The van der Waals surface area contributed by atoms with Crippen molar-refractivity contribution in [1.29, 1.82) is 0 Å². The van der Waals surface area contributed by atoms with Crippen molar-refractivity contribution in [3.05, 3.63) is 182 Å². The van der Waals surface area contributed by atoms with Crippen molar-refractivity contribution in [2.24, 2.45) is 0 Å². The van der Waals surface area contributed by atoms with Crippen molar-refractivity contribution in [3.8, 4) is 22.5 Å². The third kappa shape index (κ3) is 3.88. The van der Waals surface area contributed by atoms with E-state index >= 15 is 0 Å². The number of nitrogens with zero attached hydrogens (tertiary/aromatic N) is 2. The standard InChI is InChI=1S/C50H30N2O/c1-2-14-32(15-3-1)51-43-23-11-8-16-33(43)40-27-28-41-34-17-9-12-24-44(34)52(50(41)49(40)51)48-38-21-6-4-19-36(38)47(37-20-5-7-22-39(37)48)31-26-29-46-42(30-31)35-18-10-13-25-45(35)53-46/h1-30H. The lowest BCUT2D eigenvalue weighted by Crippen LogP contribution is -2.01. The van der Waals surface area contributed by atoms with Crippen LogP contribution in [0.2, 0.25) is 0 Å². The Labute approximate surface area is 304 Å². The number of hydrogen-bond donors (Lipinski definition) is 0. The van der Waals surface area contributed by atoms with Gasteiger partial charge in [0.1, 0.15) is 11.2 Å². The summed E-state index contributed by atoms with van der Waals surface area (Å²) in [4.78, 5) is 0. The lowest BCUT2D eigenvalue weighted by Gasteiger charge is -2.20. The zero-order valence-corrected chi connectivity index (χ0v) is 28.6. The van der Waals surface area contributed by atoms with Gasteiger partial charge in [0.2, 0.25) is 0 Å². The maximum Gasteiger partial charge on any atom is 0.135 e. The van der Waals surface area contributed by atoms with Gasteiger partial charge in [-0.3, -0.25) is 0 Å². The van der Waals surface area contributed by atoms with E-state index in [-0.39, 0.29) is 0 Å². The summed E-state index contributed by atoms with van der Waals surface area (Å²) in [5.41, 5.74) is 11.4. The maximum absolute atomic E-state index is 6.26. The van der Waals surface area contributed by atoms with Crippen LogP contribution in [-0.2, 0) is 0 Å². The molecule has 0 aliphatic rings. The first-order valence-electron chi connectivity index (χ1n) is 18.2. The zero-order valence-electron chi connectivity index (χ0n) is 28.6. The molecule has 9 aromatic carbocycles. The molecule has 0 amide bonds. The van der Waals surface area contributed by atoms with Crippen LogP contribution in [-0.4, -0.2) is 9.13 Å². The van der Waals surface area contributed by atoms with Crippen LogP contribution in [0.5, 0.6) is 0 Å². The molecule has 0 radical (unpaired) electrons. The van der Waals surface area contributed by atoms with Crippen LogP contribution in [0.4, 0.5) is 0 Å². The minimum atomic E-state index is 0.906. The fourth-order valence-corrected chi connectivity index (χ4v) is 9.12. The molecule has 0 fully saturated rings. The smallest absolute Gasteiger partial charge is 0.135 e. The van der Waals surface area contributed by atoms with Gasteiger partial charge in [-0.2, -0.15) is 0 Å². The Balaban J connectivity index is 1.28. The van der Waals surface area contributed by atoms with E-state index in [9.17, 15) is 0 Å². The van der Waals surface area contributed by atoms with Crippen LogP contribution in [0.15, 0.2) is 186 Å². The van der Waals surface area contributed by atoms with Crippen molar-refractivity contribution in [3.63, 3.8) is 0 Å². The molecule has 3 heteroatoms. The second-order valence-electron chi connectivity index (χ2n) is 14.0. The summed E-state index contributed by atoms with van der Waals surface area (Å²) in [6, 6.07) is 66.1. The SMILES string of the molecule is c1ccc(-n2c3ccccc3c3ccc4c5ccccc5n(-c5c6ccccc6c(-c6ccc7oc8ccccc8c7c6)c6ccccc56)c4c32)cc1. The van der Waals surface area contributed by atoms with E-state index in [1.54, 1.807) is 0 Å². The van der Waals surface area contributed by atoms with Gasteiger partial charge < -0.3 is 13.6 Å². The van der Waals surface area contributed by atoms with Crippen molar-refractivity contribution in [1.82, 2.24) is 9.13 Å². The van der Waals surface area contributed by atoms with Crippen LogP contribution in [0.3, 0.4) is 0 Å². The summed E-state index contributed by atoms with van der Waals surface area (Å²) in [5, 5.41) is 12.1. The molecule has 0 N–H and O–H groups in total. The molecule has 0 aliphatic carbocycles. The Morgan fingerprint density at radius 1 is 0.321 bits per heavy atom. The number of rotatable bonds is 3. The minimum absolute atomic E-state index is 0.906. The molecule has 0 saturated carbocycles. The third-order valence-corrected chi connectivity index (χ3v) is 11.3. The summed E-state index contributed by atoms with van der Waals surface area (Å²) in [5.74, 6) is 0. The van der Waals surface area contributed by atoms with Gasteiger partial charge >= 0.3 is 0 Å². The molecule has 3 nitrogen and oxygen atoms in total. The van der Waals surface area contributed by atoms with Gasteiger partial charge in [-0.25, -0.2) is 0 Å². The molecule has 246 valence electrons. The first-order chi connectivity index (χ1) is 26.3. The van der Waals surface area contributed by atoms with E-state index in [0.29, 0.717) is 0 Å². The number of fused-ring (bicyclic) bond motifs is 12. The molecule has 0 spiro atoms. The monoisotopic (exact) mass is 674 g/mol. The Bertz CT molecular complexity index is 3390. The van der Waals surface area contributed by atoms with Gasteiger partial charge in [0.25, 0.3) is 0 Å². The van der Waals surface area contributed by atoms with Crippen LogP contribution in [0.25, 0.3) is 110 Å². The van der Waals surface area contributed by atoms with Crippen LogP contribution in [0.1, 0.15) is 0 Å². The summed E-state index contributed by atoms with van der Waals surface area (Å²) in [6.45, 7) is 0. The molecule has 3 heterocycles. The van der Waals surface area contributed by atoms with Gasteiger partial charge in [0.15, 0.2) is 0 Å². The average Bonchev–Trinajstić information content (AvgIpc) is 3.88. The van der Waals surface area contributed by atoms with Gasteiger partial charge in [0.05, 0.1) is 27.8 Å². The lowest BCUT2D eigenvalue weighted by atomic mass is 9.90. The van der Waals surface area contributed by atoms with Gasteiger partial charge in [-0.15, -0.1) is 0 Å². The van der Waals surface area contributed by atoms with E-state index in [0.717, 1.165) is 27.6 Å². The highest BCUT2D eigenvalue weighted by atomic mass is 16.3. The Kier molecular flexibility index (Phi) is 5.77. The van der Waals surface area contributed by atoms with E-state index in [1.165, 1.54) is 82.0 Å². The topological polar surface area (TPSA) is 23.0 Å². The van der Waals surface area contributed by atoms with E-state index in [2.05, 4.69) is 185 Å². The first kappa shape index (κ1) is 28.6. The Hall–Kier alpha value is -7.10.